The number of carbonyl (C=O) groups is 2. The fraction of sp³-hybridized carbons (Fsp3) is 0.500. The van der Waals surface area contributed by atoms with E-state index in [4.69, 9.17) is 4.42 Å². The smallest absolute Gasteiger partial charge is 0.248 e. The number of hydrogen-bond donors (Lipinski definition) is 1. The van der Waals surface area contributed by atoms with E-state index in [9.17, 15) is 9.59 Å². The summed E-state index contributed by atoms with van der Waals surface area (Å²) in [5.74, 6) is 1.46. The number of aromatic nitrogens is 1. The van der Waals surface area contributed by atoms with E-state index in [1.165, 1.54) is 0 Å². The maximum atomic E-state index is 12.7. The number of rotatable bonds is 3. The molecular weight excluding hydrogens is 338 g/mol. The Morgan fingerprint density at radius 3 is 3.04 bits per heavy atom. The van der Waals surface area contributed by atoms with Gasteiger partial charge in [0, 0.05) is 23.8 Å². The van der Waals surface area contributed by atoms with Gasteiger partial charge < -0.3 is 14.6 Å². The molecule has 0 spiro atoms. The molecule has 3 heterocycles. The number of anilines is 1. The third-order valence-corrected chi connectivity index (χ3v) is 6.42. The fourth-order valence-electron chi connectivity index (χ4n) is 3.51. The molecule has 2 aliphatic rings. The third kappa shape index (κ3) is 2.70. The molecule has 2 aromatic rings. The van der Waals surface area contributed by atoms with Crippen LogP contribution in [0.25, 0.3) is 11.1 Å². The summed E-state index contributed by atoms with van der Waals surface area (Å²) in [5, 5.41) is 2.94. The number of nitrogens with one attached hydrogen (secondary N) is 1. The van der Waals surface area contributed by atoms with Crippen LogP contribution >= 0.6 is 11.8 Å². The van der Waals surface area contributed by atoms with Crippen molar-refractivity contribution in [3.05, 3.63) is 24.1 Å². The summed E-state index contributed by atoms with van der Waals surface area (Å²) >= 11 is 1.69. The first-order chi connectivity index (χ1) is 11.9. The lowest BCUT2D eigenvalue weighted by molar-refractivity contribution is -0.135. The lowest BCUT2D eigenvalue weighted by Gasteiger charge is -2.29. The van der Waals surface area contributed by atoms with Crippen molar-refractivity contribution in [3.63, 3.8) is 0 Å². The van der Waals surface area contributed by atoms with Gasteiger partial charge in [-0.1, -0.05) is 13.8 Å². The minimum Gasteiger partial charge on any atom is -0.440 e. The van der Waals surface area contributed by atoms with Gasteiger partial charge in [0.1, 0.15) is 11.6 Å². The molecule has 7 heteroatoms. The topological polar surface area (TPSA) is 75.4 Å². The van der Waals surface area contributed by atoms with Crippen LogP contribution in [0.4, 0.5) is 5.69 Å². The molecule has 2 atom stereocenters. The van der Waals surface area contributed by atoms with Crippen molar-refractivity contribution in [2.75, 3.05) is 11.1 Å². The third-order valence-electron chi connectivity index (χ3n) is 4.91. The Morgan fingerprint density at radius 2 is 2.28 bits per heavy atom. The highest BCUT2D eigenvalue weighted by atomic mass is 32.2. The summed E-state index contributed by atoms with van der Waals surface area (Å²) in [6.07, 6.45) is 1.33. The Labute approximate surface area is 150 Å². The standard InChI is InChI=1S/C18H21N3O3S/c1-10(2)17-20-12-8-11(4-5-14(12)24-17)19-16(23)13-9-25-18(3)7-6-15(22)21(13)18/h4-5,8,10,13H,6-7,9H2,1-3H3,(H,19,23)/t13-,18+/m0/s1. The second kappa shape index (κ2) is 5.76. The van der Waals surface area contributed by atoms with Gasteiger partial charge in [-0.15, -0.1) is 11.8 Å². The van der Waals surface area contributed by atoms with E-state index < -0.39 is 6.04 Å². The van der Waals surface area contributed by atoms with Crippen LogP contribution in [0, 0.1) is 0 Å². The molecule has 1 aromatic heterocycles. The molecule has 0 unspecified atom stereocenters. The van der Waals surface area contributed by atoms with E-state index in [0.29, 0.717) is 29.3 Å². The van der Waals surface area contributed by atoms with Crippen LogP contribution in [0.5, 0.6) is 0 Å². The zero-order chi connectivity index (χ0) is 17.8. The first-order valence-corrected chi connectivity index (χ1v) is 9.53. The highest BCUT2D eigenvalue weighted by Gasteiger charge is 2.52. The molecule has 132 valence electrons. The second-order valence-corrected chi connectivity index (χ2v) is 8.65. The normalized spacial score (nSPS) is 25.8. The van der Waals surface area contributed by atoms with Gasteiger partial charge in [-0.2, -0.15) is 0 Å². The summed E-state index contributed by atoms with van der Waals surface area (Å²) in [6, 6.07) is 5.03. The summed E-state index contributed by atoms with van der Waals surface area (Å²) in [7, 11) is 0. The number of oxazole rings is 1. The van der Waals surface area contributed by atoms with Crippen molar-refractivity contribution in [2.45, 2.75) is 50.4 Å². The van der Waals surface area contributed by atoms with Crippen LogP contribution in [-0.2, 0) is 9.59 Å². The average Bonchev–Trinajstić information content (AvgIpc) is 3.21. The Morgan fingerprint density at radius 1 is 1.48 bits per heavy atom. The SMILES string of the molecule is CC(C)c1nc2cc(NC(=O)[C@@H]3CS[C@]4(C)CCC(=O)N34)ccc2o1. The minimum atomic E-state index is -0.413. The van der Waals surface area contributed by atoms with Crippen molar-refractivity contribution < 1.29 is 14.0 Å². The maximum absolute atomic E-state index is 12.7. The highest BCUT2D eigenvalue weighted by Crippen LogP contribution is 2.47. The van der Waals surface area contributed by atoms with Crippen LogP contribution in [0.3, 0.4) is 0 Å². The fourth-order valence-corrected chi connectivity index (χ4v) is 4.94. The summed E-state index contributed by atoms with van der Waals surface area (Å²) in [4.78, 5) is 30.9. The molecule has 1 N–H and O–H groups in total. The van der Waals surface area contributed by atoms with Gasteiger partial charge in [-0.05, 0) is 31.5 Å². The van der Waals surface area contributed by atoms with E-state index in [1.807, 2.05) is 39.0 Å². The lowest BCUT2D eigenvalue weighted by atomic mass is 10.2. The van der Waals surface area contributed by atoms with Gasteiger partial charge >= 0.3 is 0 Å². The summed E-state index contributed by atoms with van der Waals surface area (Å²) in [5.41, 5.74) is 2.11. The first kappa shape index (κ1) is 16.4. The van der Waals surface area contributed by atoms with Gasteiger partial charge in [0.05, 0.1) is 4.87 Å². The van der Waals surface area contributed by atoms with Crippen molar-refractivity contribution in [3.8, 4) is 0 Å². The van der Waals surface area contributed by atoms with Gasteiger partial charge in [0.15, 0.2) is 11.5 Å². The molecule has 0 bridgehead atoms. The van der Waals surface area contributed by atoms with Crippen LogP contribution < -0.4 is 5.32 Å². The maximum Gasteiger partial charge on any atom is 0.248 e. The molecule has 0 saturated carbocycles. The van der Waals surface area contributed by atoms with Crippen molar-refractivity contribution in [1.82, 2.24) is 9.88 Å². The van der Waals surface area contributed by atoms with Gasteiger partial charge in [0.25, 0.3) is 0 Å². The summed E-state index contributed by atoms with van der Waals surface area (Å²) in [6.45, 7) is 6.09. The molecule has 2 aliphatic heterocycles. The largest absolute Gasteiger partial charge is 0.440 e. The van der Waals surface area contributed by atoms with Crippen LogP contribution in [0.2, 0.25) is 0 Å². The quantitative estimate of drug-likeness (QED) is 0.910. The molecule has 6 nitrogen and oxygen atoms in total. The number of amides is 2. The minimum absolute atomic E-state index is 0.0705. The predicted octanol–water partition coefficient (Wildman–Crippen LogP) is 3.34. The number of hydrogen-bond acceptors (Lipinski definition) is 5. The Bertz CT molecular complexity index is 862. The van der Waals surface area contributed by atoms with Crippen molar-refractivity contribution >= 4 is 40.4 Å². The molecule has 2 amide bonds. The molecule has 0 radical (unpaired) electrons. The Balaban J connectivity index is 1.55. The Hall–Kier alpha value is -2.02. The predicted molar refractivity (Wildman–Crippen MR) is 97.5 cm³/mol. The van der Waals surface area contributed by atoms with E-state index >= 15 is 0 Å². The van der Waals surface area contributed by atoms with Gasteiger partial charge in [0.2, 0.25) is 11.8 Å². The van der Waals surface area contributed by atoms with E-state index in [1.54, 1.807) is 16.7 Å². The lowest BCUT2D eigenvalue weighted by Crippen LogP contribution is -2.48. The molecule has 25 heavy (non-hydrogen) atoms. The number of fused-ring (bicyclic) bond motifs is 2. The second-order valence-electron chi connectivity index (χ2n) is 7.14. The van der Waals surface area contributed by atoms with Gasteiger partial charge in [-0.25, -0.2) is 4.98 Å². The van der Waals surface area contributed by atoms with Crippen LogP contribution in [0.1, 0.15) is 45.4 Å². The molecule has 4 rings (SSSR count). The van der Waals surface area contributed by atoms with E-state index in [2.05, 4.69) is 10.3 Å². The number of carbonyl (C=O) groups excluding carboxylic acids is 2. The monoisotopic (exact) mass is 359 g/mol. The molecule has 2 fully saturated rings. The number of nitrogens with zero attached hydrogens (tertiary/aromatic N) is 2. The average molecular weight is 359 g/mol. The van der Waals surface area contributed by atoms with Crippen molar-refractivity contribution in [1.29, 1.82) is 0 Å². The van der Waals surface area contributed by atoms with Crippen molar-refractivity contribution in [2.24, 2.45) is 0 Å². The zero-order valence-corrected chi connectivity index (χ0v) is 15.4. The van der Waals surface area contributed by atoms with Gasteiger partial charge in [-0.3, -0.25) is 9.59 Å². The molecule has 0 aliphatic carbocycles. The number of thioether (sulfide) groups is 1. The highest BCUT2D eigenvalue weighted by molar-refractivity contribution is 8.01. The van der Waals surface area contributed by atoms with Crippen LogP contribution in [-0.4, -0.2) is 38.4 Å². The zero-order valence-electron chi connectivity index (χ0n) is 14.5. The van der Waals surface area contributed by atoms with E-state index in [-0.39, 0.29) is 22.6 Å². The van der Waals surface area contributed by atoms with E-state index in [0.717, 1.165) is 11.9 Å². The first-order valence-electron chi connectivity index (χ1n) is 8.55. The molecule has 2 saturated heterocycles. The number of benzene rings is 1. The molecule has 1 aromatic carbocycles. The summed E-state index contributed by atoms with van der Waals surface area (Å²) < 4.78 is 5.69. The Kier molecular flexibility index (Phi) is 3.79. The van der Waals surface area contributed by atoms with Crippen LogP contribution in [0.15, 0.2) is 22.6 Å². The molecular formula is C18H21N3O3S.